The Morgan fingerprint density at radius 1 is 0.267 bits per heavy atom. The summed E-state index contributed by atoms with van der Waals surface area (Å²) >= 11 is 0. The van der Waals surface area contributed by atoms with Crippen LogP contribution in [0.1, 0.15) is 22.3 Å². The molecule has 2 heterocycles. The number of furan rings is 1. The number of benzene rings is 13. The molecule has 0 N–H and O–H groups in total. The first-order valence-electron chi connectivity index (χ1n) is 29.6. The minimum absolute atomic E-state index is 0.654. The van der Waals surface area contributed by atoms with E-state index in [0.717, 1.165) is 56.5 Å². The highest BCUT2D eigenvalue weighted by molar-refractivity contribution is 6.11. The van der Waals surface area contributed by atoms with Crippen molar-refractivity contribution >= 4 is 38.9 Å². The number of rotatable bonds is 10. The molecule has 3 nitrogen and oxygen atoms in total. The summed E-state index contributed by atoms with van der Waals surface area (Å²) in [6.45, 7) is 0. The van der Waals surface area contributed by atoms with Crippen molar-refractivity contribution in [3.05, 3.63) is 350 Å². The molecule has 3 heteroatoms. The normalized spacial score (nSPS) is 13.6. The largest absolute Gasteiger partial charge is 0.455 e. The minimum Gasteiger partial charge on any atom is -0.455 e. The van der Waals surface area contributed by atoms with Crippen LogP contribution in [0.15, 0.2) is 332 Å². The molecule has 13 aromatic carbocycles. The highest BCUT2D eigenvalue weighted by atomic mass is 16.3. The van der Waals surface area contributed by atoms with Gasteiger partial charge in [-0.1, -0.05) is 261 Å². The number of aromatic nitrogens is 1. The SMILES string of the molecule is c1ccc(-c2ccc(N(c3ccc(-c4ccc(-c5cccc6c5C5(c7ccccc7-6)c6ccccc6-c6c(-c7ccccc7)oc(-c7ccccc7)c65)cc4)cc3)c3ccc(-c4ccc5c(c4)c4ccccc4n5-c4ccccc4)cc3)cc2)cc1. The lowest BCUT2D eigenvalue weighted by molar-refractivity contribution is 0.588. The van der Waals surface area contributed by atoms with E-state index in [0.29, 0.717) is 0 Å². The third kappa shape index (κ3) is 7.68. The summed E-state index contributed by atoms with van der Waals surface area (Å²) in [4.78, 5) is 2.37. The Hall–Kier alpha value is -11.3. The number of nitrogens with zero attached hydrogens (tertiary/aromatic N) is 2. The Morgan fingerprint density at radius 3 is 1.30 bits per heavy atom. The molecule has 1 atom stereocenters. The van der Waals surface area contributed by atoms with Crippen LogP contribution in [0.4, 0.5) is 17.1 Å². The zero-order valence-electron chi connectivity index (χ0n) is 47.0. The maximum Gasteiger partial charge on any atom is 0.142 e. The molecule has 86 heavy (non-hydrogen) atoms. The molecule has 0 fully saturated rings. The van der Waals surface area contributed by atoms with E-state index in [1.165, 1.54) is 99.7 Å². The molecule has 2 aliphatic rings. The summed E-state index contributed by atoms with van der Waals surface area (Å²) < 4.78 is 9.66. The molecule has 2 aliphatic carbocycles. The van der Waals surface area contributed by atoms with Gasteiger partial charge in [-0.15, -0.1) is 0 Å². The van der Waals surface area contributed by atoms with Crippen molar-refractivity contribution in [1.82, 2.24) is 4.57 Å². The van der Waals surface area contributed by atoms with Crippen LogP contribution in [0.25, 0.3) is 117 Å². The van der Waals surface area contributed by atoms with Crippen LogP contribution in [0, 0.1) is 0 Å². The standard InChI is InChI=1S/C83H54N2O/c1-5-20-55(21-6-1)57-40-47-65(48-41-57)84(67-51-44-59(45-52-67)63-46-53-77-73(54-63)70-29-15-18-35-76(70)85(77)64-26-11-4-12-27-64)66-49-42-58(43-50-66)56-36-38-60(39-37-56)68-31-19-32-71-69-28-13-16-33-74(69)83(79(68)71)75-34-17-14-30-72(75)78-80(83)82(62-24-9-3-10-25-62)86-81(78)61-22-7-2-8-23-61/h1-54H. The summed E-state index contributed by atoms with van der Waals surface area (Å²) in [6, 6.07) is 119. The first-order chi connectivity index (χ1) is 42.7. The van der Waals surface area contributed by atoms with Gasteiger partial charge in [0.15, 0.2) is 0 Å². The van der Waals surface area contributed by atoms with E-state index in [1.54, 1.807) is 0 Å². The van der Waals surface area contributed by atoms with Gasteiger partial charge in [-0.2, -0.15) is 0 Å². The van der Waals surface area contributed by atoms with E-state index >= 15 is 0 Å². The lowest BCUT2D eigenvalue weighted by atomic mass is 9.68. The van der Waals surface area contributed by atoms with E-state index in [4.69, 9.17) is 4.42 Å². The molecule has 1 unspecified atom stereocenters. The first kappa shape index (κ1) is 49.4. The zero-order valence-corrected chi connectivity index (χ0v) is 47.0. The van der Waals surface area contributed by atoms with Gasteiger partial charge in [0, 0.05) is 55.8 Å². The highest BCUT2D eigenvalue weighted by Gasteiger charge is 2.56. The summed E-state index contributed by atoms with van der Waals surface area (Å²) in [6.07, 6.45) is 0. The van der Waals surface area contributed by atoms with E-state index in [2.05, 4.69) is 337 Å². The molecule has 2 aromatic heterocycles. The van der Waals surface area contributed by atoms with Gasteiger partial charge in [-0.25, -0.2) is 0 Å². The maximum atomic E-state index is 7.29. The fourth-order valence-electron chi connectivity index (χ4n) is 14.3. The Morgan fingerprint density at radius 2 is 0.686 bits per heavy atom. The number of hydrogen-bond acceptors (Lipinski definition) is 2. The van der Waals surface area contributed by atoms with Crippen molar-refractivity contribution in [2.75, 3.05) is 4.90 Å². The van der Waals surface area contributed by atoms with Crippen molar-refractivity contribution in [3.63, 3.8) is 0 Å². The maximum absolute atomic E-state index is 7.29. The fourth-order valence-corrected chi connectivity index (χ4v) is 14.3. The van der Waals surface area contributed by atoms with E-state index in [1.807, 2.05) is 0 Å². The summed E-state index contributed by atoms with van der Waals surface area (Å²) in [5, 5.41) is 2.48. The topological polar surface area (TPSA) is 21.3 Å². The van der Waals surface area contributed by atoms with Crippen LogP contribution in [0.3, 0.4) is 0 Å². The second kappa shape index (κ2) is 20.0. The van der Waals surface area contributed by atoms with Crippen molar-refractivity contribution in [1.29, 1.82) is 0 Å². The van der Waals surface area contributed by atoms with Gasteiger partial charge >= 0.3 is 0 Å². The van der Waals surface area contributed by atoms with Crippen molar-refractivity contribution < 1.29 is 4.42 Å². The molecule has 1 spiro atoms. The summed E-state index contributed by atoms with van der Waals surface area (Å²) in [5.74, 6) is 1.81. The first-order valence-corrected chi connectivity index (χ1v) is 29.6. The molecule has 0 radical (unpaired) electrons. The Bertz CT molecular complexity index is 5040. The third-order valence-electron chi connectivity index (χ3n) is 18.0. The molecular formula is C83H54N2O. The molecule has 0 amide bonds. The molecule has 17 rings (SSSR count). The van der Waals surface area contributed by atoms with Gasteiger partial charge < -0.3 is 13.9 Å². The van der Waals surface area contributed by atoms with Gasteiger partial charge in [0.25, 0.3) is 0 Å². The van der Waals surface area contributed by atoms with Crippen LogP contribution in [0.2, 0.25) is 0 Å². The molecular weight excluding hydrogens is 1040 g/mol. The van der Waals surface area contributed by atoms with Gasteiger partial charge in [-0.05, 0) is 145 Å². The predicted octanol–water partition coefficient (Wildman–Crippen LogP) is 22.2. The van der Waals surface area contributed by atoms with Gasteiger partial charge in [0.05, 0.1) is 16.4 Å². The zero-order chi connectivity index (χ0) is 56.7. The van der Waals surface area contributed by atoms with Crippen molar-refractivity contribution in [2.45, 2.75) is 5.41 Å². The monoisotopic (exact) mass is 1090 g/mol. The van der Waals surface area contributed by atoms with Gasteiger partial charge in [0.2, 0.25) is 0 Å². The summed E-state index contributed by atoms with van der Waals surface area (Å²) in [7, 11) is 0. The second-order valence-electron chi connectivity index (χ2n) is 22.7. The van der Waals surface area contributed by atoms with E-state index < -0.39 is 5.41 Å². The number of hydrogen-bond donors (Lipinski definition) is 0. The molecule has 0 saturated carbocycles. The van der Waals surface area contributed by atoms with E-state index in [-0.39, 0.29) is 0 Å². The van der Waals surface area contributed by atoms with Gasteiger partial charge in [-0.3, -0.25) is 0 Å². The van der Waals surface area contributed by atoms with Crippen LogP contribution < -0.4 is 4.90 Å². The van der Waals surface area contributed by atoms with Crippen LogP contribution in [0.5, 0.6) is 0 Å². The fraction of sp³-hybridized carbons (Fsp3) is 0.0120. The lowest BCUT2D eigenvalue weighted by Gasteiger charge is -2.32. The Kier molecular flexibility index (Phi) is 11.5. The predicted molar refractivity (Wildman–Crippen MR) is 357 cm³/mol. The summed E-state index contributed by atoms with van der Waals surface area (Å²) in [5.41, 5.74) is 27.6. The van der Waals surface area contributed by atoms with Crippen LogP contribution >= 0.6 is 0 Å². The number of fused-ring (bicyclic) bond motifs is 13. The quantitative estimate of drug-likeness (QED) is 0.136. The molecule has 0 bridgehead atoms. The minimum atomic E-state index is -0.654. The Labute approximate surface area is 500 Å². The Balaban J connectivity index is 0.743. The smallest absolute Gasteiger partial charge is 0.142 e. The highest BCUT2D eigenvalue weighted by Crippen LogP contribution is 2.68. The molecule has 402 valence electrons. The molecule has 0 saturated heterocycles. The van der Waals surface area contributed by atoms with Crippen LogP contribution in [-0.2, 0) is 5.41 Å². The lowest BCUT2D eigenvalue weighted by Crippen LogP contribution is -2.27. The van der Waals surface area contributed by atoms with Crippen molar-refractivity contribution in [2.24, 2.45) is 0 Å². The van der Waals surface area contributed by atoms with E-state index in [9.17, 15) is 0 Å². The van der Waals surface area contributed by atoms with Crippen LogP contribution in [-0.4, -0.2) is 4.57 Å². The second-order valence-corrected chi connectivity index (χ2v) is 22.7. The average Bonchev–Trinajstić information content (AvgIpc) is 1.51. The van der Waals surface area contributed by atoms with Crippen molar-refractivity contribution in [3.8, 4) is 95.1 Å². The number of anilines is 3. The molecule has 15 aromatic rings. The average molecular weight is 1100 g/mol. The number of para-hydroxylation sites is 2. The van der Waals surface area contributed by atoms with Gasteiger partial charge in [0.1, 0.15) is 11.5 Å². The molecule has 0 aliphatic heterocycles. The third-order valence-corrected chi connectivity index (χ3v) is 18.0.